The number of nitrogens with one attached hydrogen (secondary N) is 1. The van der Waals surface area contributed by atoms with Crippen molar-refractivity contribution in [2.24, 2.45) is 0 Å². The van der Waals surface area contributed by atoms with E-state index in [9.17, 15) is 18.0 Å². The fourth-order valence-electron chi connectivity index (χ4n) is 1.65. The van der Waals surface area contributed by atoms with Crippen LogP contribution in [0.4, 0.5) is 0 Å². The van der Waals surface area contributed by atoms with Crippen molar-refractivity contribution in [2.75, 3.05) is 18.6 Å². The quantitative estimate of drug-likeness (QED) is 0.762. The van der Waals surface area contributed by atoms with Crippen molar-refractivity contribution >= 4 is 21.7 Å². The molecule has 0 bridgehead atoms. The number of rotatable bonds is 7. The van der Waals surface area contributed by atoms with E-state index in [2.05, 4.69) is 5.32 Å². The normalized spacial score (nSPS) is 11.1. The molecule has 20 heavy (non-hydrogen) atoms. The summed E-state index contributed by atoms with van der Waals surface area (Å²) in [6, 6.07) is 6.56. The van der Waals surface area contributed by atoms with Crippen LogP contribution in [0.15, 0.2) is 24.3 Å². The molecule has 0 atom stereocenters. The Morgan fingerprint density at radius 3 is 2.50 bits per heavy atom. The molecule has 0 radical (unpaired) electrons. The monoisotopic (exact) mass is 299 g/mol. The molecule has 0 aromatic heterocycles. The predicted octanol–water partition coefficient (Wildman–Crippen LogP) is 0.478. The van der Waals surface area contributed by atoms with Gasteiger partial charge < -0.3 is 10.4 Å². The lowest BCUT2D eigenvalue weighted by Gasteiger charge is -2.07. The summed E-state index contributed by atoms with van der Waals surface area (Å²) in [7, 11) is -3.15. The lowest BCUT2D eigenvalue weighted by molar-refractivity contribution is -0.120. The summed E-state index contributed by atoms with van der Waals surface area (Å²) in [5.41, 5.74) is 0.835. The molecule has 0 heterocycles. The fourth-order valence-corrected chi connectivity index (χ4v) is 2.21. The molecule has 1 aromatic carbocycles. The van der Waals surface area contributed by atoms with Gasteiger partial charge in [0.2, 0.25) is 5.91 Å². The third kappa shape index (κ3) is 5.83. The molecule has 1 rings (SSSR count). The maximum absolute atomic E-state index is 11.4. The average Bonchev–Trinajstić information content (AvgIpc) is 2.36. The van der Waals surface area contributed by atoms with Crippen molar-refractivity contribution < 1.29 is 23.1 Å². The highest BCUT2D eigenvalue weighted by atomic mass is 32.2. The Hall–Kier alpha value is -1.89. The third-order valence-electron chi connectivity index (χ3n) is 2.66. The number of carboxylic acids is 1. The van der Waals surface area contributed by atoms with E-state index in [0.717, 1.165) is 6.26 Å². The van der Waals surface area contributed by atoms with Crippen molar-refractivity contribution in [3.63, 3.8) is 0 Å². The lowest BCUT2D eigenvalue weighted by atomic mass is 10.0. The van der Waals surface area contributed by atoms with E-state index in [1.807, 2.05) is 0 Å². The summed E-state index contributed by atoms with van der Waals surface area (Å²) in [5.74, 6) is -1.56. The second kappa shape index (κ2) is 7.04. The molecule has 0 aliphatic heterocycles. The first-order chi connectivity index (χ1) is 9.29. The minimum absolute atomic E-state index is 0.0839. The molecule has 0 saturated heterocycles. The van der Waals surface area contributed by atoms with E-state index in [0.29, 0.717) is 12.0 Å². The zero-order valence-electron chi connectivity index (χ0n) is 11.1. The van der Waals surface area contributed by atoms with Gasteiger partial charge in [0, 0.05) is 19.2 Å². The molecule has 0 spiro atoms. The molecule has 7 heteroatoms. The van der Waals surface area contributed by atoms with Crippen LogP contribution < -0.4 is 5.32 Å². The molecule has 0 saturated carbocycles. The zero-order valence-corrected chi connectivity index (χ0v) is 11.9. The minimum Gasteiger partial charge on any atom is -0.478 e. The van der Waals surface area contributed by atoms with Crippen LogP contribution in [-0.2, 0) is 21.1 Å². The first-order valence-electron chi connectivity index (χ1n) is 6.05. The Kier molecular flexibility index (Phi) is 5.69. The minimum atomic E-state index is -3.15. The van der Waals surface area contributed by atoms with Crippen LogP contribution in [0.5, 0.6) is 0 Å². The van der Waals surface area contributed by atoms with Gasteiger partial charge in [-0.25, -0.2) is 13.2 Å². The van der Waals surface area contributed by atoms with Gasteiger partial charge >= 0.3 is 5.97 Å². The fraction of sp³-hybridized carbons (Fsp3) is 0.385. The first kappa shape index (κ1) is 16.2. The van der Waals surface area contributed by atoms with Crippen molar-refractivity contribution in [3.05, 3.63) is 35.4 Å². The largest absolute Gasteiger partial charge is 0.478 e. The molecule has 1 aromatic rings. The Morgan fingerprint density at radius 2 is 1.90 bits per heavy atom. The summed E-state index contributed by atoms with van der Waals surface area (Å²) < 4.78 is 21.8. The lowest BCUT2D eigenvalue weighted by Crippen LogP contribution is -2.27. The average molecular weight is 299 g/mol. The van der Waals surface area contributed by atoms with E-state index in [1.165, 1.54) is 6.07 Å². The molecule has 6 nitrogen and oxygen atoms in total. The van der Waals surface area contributed by atoms with Gasteiger partial charge in [-0.2, -0.15) is 0 Å². The van der Waals surface area contributed by atoms with Crippen LogP contribution in [0, 0.1) is 0 Å². The van der Waals surface area contributed by atoms with E-state index < -0.39 is 15.8 Å². The second-order valence-corrected chi connectivity index (χ2v) is 6.70. The highest BCUT2D eigenvalue weighted by molar-refractivity contribution is 7.90. The number of carboxylic acid groups (broad SMARTS) is 1. The van der Waals surface area contributed by atoms with Crippen molar-refractivity contribution in [1.29, 1.82) is 0 Å². The molecule has 0 aliphatic carbocycles. The topological polar surface area (TPSA) is 101 Å². The van der Waals surface area contributed by atoms with Gasteiger partial charge in [0.1, 0.15) is 9.84 Å². The Balaban J connectivity index is 2.45. The predicted molar refractivity (Wildman–Crippen MR) is 74.4 cm³/mol. The molecule has 110 valence electrons. The molecular weight excluding hydrogens is 282 g/mol. The summed E-state index contributed by atoms with van der Waals surface area (Å²) >= 11 is 0. The third-order valence-corrected chi connectivity index (χ3v) is 3.61. The number of benzene rings is 1. The molecule has 0 aliphatic rings. The van der Waals surface area contributed by atoms with Crippen LogP contribution in [0.25, 0.3) is 0 Å². The molecule has 1 amide bonds. The van der Waals surface area contributed by atoms with Gasteiger partial charge in [0.25, 0.3) is 0 Å². The molecule has 2 N–H and O–H groups in total. The Morgan fingerprint density at radius 1 is 1.25 bits per heavy atom. The van der Waals surface area contributed by atoms with Crippen LogP contribution in [0.1, 0.15) is 22.3 Å². The first-order valence-corrected chi connectivity index (χ1v) is 8.11. The van der Waals surface area contributed by atoms with Gasteiger partial charge in [-0.1, -0.05) is 18.2 Å². The Labute approximate surface area is 117 Å². The highest BCUT2D eigenvalue weighted by Gasteiger charge is 2.10. The number of amides is 1. The number of carbonyl (C=O) groups is 2. The maximum Gasteiger partial charge on any atom is 0.335 e. The molecule has 0 fully saturated rings. The summed E-state index contributed by atoms with van der Waals surface area (Å²) in [4.78, 5) is 22.4. The second-order valence-electron chi connectivity index (χ2n) is 4.44. The number of aromatic carboxylic acids is 1. The van der Waals surface area contributed by atoms with E-state index in [4.69, 9.17) is 5.11 Å². The van der Waals surface area contributed by atoms with Gasteiger partial charge in [0.05, 0.1) is 11.3 Å². The highest BCUT2D eigenvalue weighted by Crippen LogP contribution is 2.08. The molecule has 0 unspecified atom stereocenters. The number of hydrogen-bond acceptors (Lipinski definition) is 4. The standard InChI is InChI=1S/C13H17NO5S/c1-20(18,19)9-7-12(15)14-8-6-10-4-2-3-5-11(10)13(16)17/h2-5H,6-9H2,1H3,(H,14,15)(H,16,17). The Bertz CT molecular complexity index is 595. The summed E-state index contributed by atoms with van der Waals surface area (Å²) in [6.07, 6.45) is 1.37. The van der Waals surface area contributed by atoms with E-state index >= 15 is 0 Å². The zero-order chi connectivity index (χ0) is 15.2. The van der Waals surface area contributed by atoms with Crippen LogP contribution >= 0.6 is 0 Å². The number of sulfone groups is 1. The maximum atomic E-state index is 11.4. The van der Waals surface area contributed by atoms with E-state index in [-0.39, 0.29) is 30.2 Å². The summed E-state index contributed by atoms with van der Waals surface area (Å²) in [5, 5.41) is 11.6. The van der Waals surface area contributed by atoms with Gasteiger partial charge in [-0.3, -0.25) is 4.79 Å². The van der Waals surface area contributed by atoms with Gasteiger partial charge in [0.15, 0.2) is 0 Å². The van der Waals surface area contributed by atoms with Gasteiger partial charge in [-0.15, -0.1) is 0 Å². The number of hydrogen-bond donors (Lipinski definition) is 2. The van der Waals surface area contributed by atoms with Crippen LogP contribution in [0.2, 0.25) is 0 Å². The number of carbonyl (C=O) groups excluding carboxylic acids is 1. The van der Waals surface area contributed by atoms with Crippen molar-refractivity contribution in [1.82, 2.24) is 5.32 Å². The van der Waals surface area contributed by atoms with Crippen LogP contribution in [-0.4, -0.2) is 44.0 Å². The molecular formula is C13H17NO5S. The van der Waals surface area contributed by atoms with Gasteiger partial charge in [-0.05, 0) is 18.1 Å². The summed E-state index contributed by atoms with van der Waals surface area (Å²) in [6.45, 7) is 0.271. The van der Waals surface area contributed by atoms with Crippen molar-refractivity contribution in [3.8, 4) is 0 Å². The smallest absolute Gasteiger partial charge is 0.335 e. The van der Waals surface area contributed by atoms with Crippen LogP contribution in [0.3, 0.4) is 0 Å². The SMILES string of the molecule is CS(=O)(=O)CCC(=O)NCCc1ccccc1C(=O)O. The van der Waals surface area contributed by atoms with Crippen molar-refractivity contribution in [2.45, 2.75) is 12.8 Å². The van der Waals surface area contributed by atoms with E-state index in [1.54, 1.807) is 18.2 Å².